The predicted octanol–water partition coefficient (Wildman–Crippen LogP) is 4.24. The molecule has 0 fully saturated rings. The third kappa shape index (κ3) is 11.3. The molecule has 2 rings (SSSR count). The van der Waals surface area contributed by atoms with E-state index in [1.54, 1.807) is 65.8 Å². The molecule has 0 aliphatic carbocycles. The van der Waals surface area contributed by atoms with Gasteiger partial charge >= 0.3 is 11.9 Å². The van der Waals surface area contributed by atoms with Crippen molar-refractivity contribution in [3.8, 4) is 0 Å². The van der Waals surface area contributed by atoms with Crippen LogP contribution in [0.1, 0.15) is 52.7 Å². The minimum absolute atomic E-state index is 0.0154. The second-order valence-electron chi connectivity index (χ2n) is 10.6. The summed E-state index contributed by atoms with van der Waals surface area (Å²) in [6.07, 6.45) is -1.43. The van der Waals surface area contributed by atoms with Gasteiger partial charge in [-0.1, -0.05) is 56.2 Å². The van der Waals surface area contributed by atoms with Crippen LogP contribution in [0.2, 0.25) is 0 Å². The van der Waals surface area contributed by atoms with E-state index in [0.29, 0.717) is 0 Å². The number of carboxylic acids is 1. The lowest BCUT2D eigenvalue weighted by molar-refractivity contribution is -0.157. The van der Waals surface area contributed by atoms with Gasteiger partial charge in [0.15, 0.2) is 12.7 Å². The Bertz CT molecular complexity index is 1300. The zero-order chi connectivity index (χ0) is 29.5. The Hall–Kier alpha value is -2.80. The molecule has 1 atom stereocenters. The maximum absolute atomic E-state index is 12.0. The molecule has 2 aromatic carbocycles. The molecule has 0 bridgehead atoms. The first kappa shape index (κ1) is 33.2. The van der Waals surface area contributed by atoms with Gasteiger partial charge in [0, 0.05) is 5.41 Å². The minimum Gasteiger partial charge on any atom is -0.479 e. The van der Waals surface area contributed by atoms with Crippen LogP contribution in [0.25, 0.3) is 0 Å². The smallest absolute Gasteiger partial charge is 0.334 e. The number of aryl methyl sites for hydroxylation is 2. The van der Waals surface area contributed by atoms with Crippen LogP contribution < -0.4 is 0 Å². The Balaban J connectivity index is 0.000000380. The van der Waals surface area contributed by atoms with Crippen molar-refractivity contribution < 1.29 is 44.6 Å². The number of carbonyl (C=O) groups is 2. The van der Waals surface area contributed by atoms with Crippen molar-refractivity contribution in [2.24, 2.45) is 5.41 Å². The Morgan fingerprint density at radius 3 is 1.50 bits per heavy atom. The molecule has 0 spiro atoms. The minimum atomic E-state index is -4.09. The number of carboxylic acid groups (broad SMARTS) is 1. The molecule has 38 heavy (non-hydrogen) atoms. The lowest BCUT2D eigenvalue weighted by Gasteiger charge is -2.26. The molecular weight excluding hydrogens is 536 g/mol. The van der Waals surface area contributed by atoms with E-state index >= 15 is 0 Å². The topological polar surface area (TPSA) is 150 Å². The Labute approximate surface area is 225 Å². The van der Waals surface area contributed by atoms with E-state index in [2.05, 4.69) is 4.18 Å². The summed E-state index contributed by atoms with van der Waals surface area (Å²) in [7, 11) is -8.01. The molecule has 0 saturated carbocycles. The summed E-state index contributed by atoms with van der Waals surface area (Å²) in [4.78, 5) is 22.5. The van der Waals surface area contributed by atoms with E-state index in [1.807, 2.05) is 13.8 Å². The zero-order valence-corrected chi connectivity index (χ0v) is 24.5. The molecule has 2 aromatic rings. The van der Waals surface area contributed by atoms with Gasteiger partial charge < -0.3 is 9.84 Å². The number of rotatable bonds is 8. The summed E-state index contributed by atoms with van der Waals surface area (Å²) < 4.78 is 62.1. The summed E-state index contributed by atoms with van der Waals surface area (Å²) in [5.41, 5.74) is 0.341. The second kappa shape index (κ2) is 12.8. The van der Waals surface area contributed by atoms with Crippen LogP contribution in [0, 0.1) is 19.3 Å². The van der Waals surface area contributed by atoms with Crippen LogP contribution in [0.5, 0.6) is 0 Å². The summed E-state index contributed by atoms with van der Waals surface area (Å²) >= 11 is 0. The van der Waals surface area contributed by atoms with E-state index in [-0.39, 0.29) is 9.79 Å². The molecule has 0 heterocycles. The Morgan fingerprint density at radius 1 is 0.763 bits per heavy atom. The average molecular weight is 573 g/mol. The number of esters is 1. The highest BCUT2D eigenvalue weighted by atomic mass is 32.2. The molecule has 12 heteroatoms. The van der Waals surface area contributed by atoms with Gasteiger partial charge in [0.1, 0.15) is 5.60 Å². The monoisotopic (exact) mass is 572 g/mol. The van der Waals surface area contributed by atoms with E-state index in [0.717, 1.165) is 11.1 Å². The lowest BCUT2D eigenvalue weighted by atomic mass is 9.89. The quantitative estimate of drug-likeness (QED) is 0.359. The van der Waals surface area contributed by atoms with Crippen LogP contribution in [-0.4, -0.2) is 52.2 Å². The van der Waals surface area contributed by atoms with E-state index in [1.165, 1.54) is 24.3 Å². The fraction of sp³-hybridized carbons (Fsp3) is 0.462. The number of hydrogen-bond donors (Lipinski definition) is 1. The van der Waals surface area contributed by atoms with Crippen LogP contribution in [0.15, 0.2) is 58.3 Å². The van der Waals surface area contributed by atoms with Crippen LogP contribution in [-0.2, 0) is 42.9 Å². The molecule has 212 valence electrons. The van der Waals surface area contributed by atoms with Crippen molar-refractivity contribution in [1.29, 1.82) is 0 Å². The molecule has 0 saturated heterocycles. The van der Waals surface area contributed by atoms with Crippen LogP contribution in [0.3, 0.4) is 0 Å². The van der Waals surface area contributed by atoms with E-state index in [4.69, 9.17) is 14.0 Å². The third-order valence-corrected chi connectivity index (χ3v) is 7.18. The average Bonchev–Trinajstić information content (AvgIpc) is 2.75. The van der Waals surface area contributed by atoms with E-state index in [9.17, 15) is 26.4 Å². The first-order valence-corrected chi connectivity index (χ1v) is 14.4. The standard InChI is InChI=1S/2C13H18O5S/c1-10-5-7-11(8-6-10)19(15,16)17-9-12(14)18-13(2,3)4;1-9-5-7-10(8-6-9)19(16,17)18-11(12(14)15)13(2,3)4/h5-8H,9H2,1-4H3;5-8,11H,1-4H3,(H,14,15). The Kier molecular flexibility index (Phi) is 11.2. The molecular formula is C26H36O10S2. The largest absolute Gasteiger partial charge is 0.479 e. The molecule has 10 nitrogen and oxygen atoms in total. The zero-order valence-electron chi connectivity index (χ0n) is 22.8. The Morgan fingerprint density at radius 2 is 1.16 bits per heavy atom. The summed E-state index contributed by atoms with van der Waals surface area (Å²) in [5.74, 6) is -2.02. The molecule has 0 amide bonds. The van der Waals surface area contributed by atoms with Crippen molar-refractivity contribution in [2.45, 2.75) is 76.9 Å². The highest BCUT2D eigenvalue weighted by molar-refractivity contribution is 7.87. The van der Waals surface area contributed by atoms with Crippen molar-refractivity contribution >= 4 is 32.2 Å². The first-order valence-electron chi connectivity index (χ1n) is 11.5. The summed E-state index contributed by atoms with van der Waals surface area (Å²) in [6.45, 7) is 12.9. The number of carbonyl (C=O) groups excluding carboxylic acids is 1. The number of ether oxygens (including phenoxy) is 1. The van der Waals surface area contributed by atoms with Gasteiger partial charge in [0.2, 0.25) is 0 Å². The van der Waals surface area contributed by atoms with Crippen molar-refractivity contribution in [3.63, 3.8) is 0 Å². The SMILES string of the molecule is Cc1ccc(S(=O)(=O)OC(C(=O)O)C(C)(C)C)cc1.Cc1ccc(S(=O)(=O)OCC(=O)OC(C)(C)C)cc1. The molecule has 1 N–H and O–H groups in total. The lowest BCUT2D eigenvalue weighted by Crippen LogP contribution is -2.38. The third-order valence-electron chi connectivity index (χ3n) is 4.61. The van der Waals surface area contributed by atoms with Gasteiger partial charge in [-0.2, -0.15) is 16.8 Å². The molecule has 0 aliphatic rings. The fourth-order valence-electron chi connectivity index (χ4n) is 2.71. The first-order chi connectivity index (χ1) is 17.1. The van der Waals surface area contributed by atoms with Gasteiger partial charge in [0.25, 0.3) is 20.2 Å². The number of hydrogen-bond acceptors (Lipinski definition) is 9. The predicted molar refractivity (Wildman–Crippen MR) is 140 cm³/mol. The van der Waals surface area contributed by atoms with Gasteiger partial charge in [-0.3, -0.25) is 8.37 Å². The van der Waals surface area contributed by atoms with Gasteiger partial charge in [-0.05, 0) is 58.9 Å². The normalized spacial score (nSPS) is 13.2. The summed E-state index contributed by atoms with van der Waals surface area (Å²) in [6, 6.07) is 12.2. The number of aliphatic carboxylic acids is 1. The second-order valence-corrected chi connectivity index (χ2v) is 13.8. The van der Waals surface area contributed by atoms with Crippen LogP contribution in [0.4, 0.5) is 0 Å². The molecule has 0 aromatic heterocycles. The highest BCUT2D eigenvalue weighted by Crippen LogP contribution is 2.26. The van der Waals surface area contributed by atoms with Crippen LogP contribution >= 0.6 is 0 Å². The van der Waals surface area contributed by atoms with Crippen molar-refractivity contribution in [1.82, 2.24) is 0 Å². The van der Waals surface area contributed by atoms with Gasteiger partial charge in [0.05, 0.1) is 9.79 Å². The van der Waals surface area contributed by atoms with Gasteiger partial charge in [-0.15, -0.1) is 0 Å². The molecule has 0 aliphatic heterocycles. The van der Waals surface area contributed by atoms with E-state index < -0.39 is 55.9 Å². The molecule has 0 radical (unpaired) electrons. The highest BCUT2D eigenvalue weighted by Gasteiger charge is 2.37. The fourth-order valence-corrected chi connectivity index (χ4v) is 4.77. The maximum Gasteiger partial charge on any atom is 0.334 e. The number of benzene rings is 2. The summed E-state index contributed by atoms with van der Waals surface area (Å²) in [5, 5.41) is 9.07. The maximum atomic E-state index is 12.0. The van der Waals surface area contributed by atoms with Crippen molar-refractivity contribution in [2.75, 3.05) is 6.61 Å². The molecule has 1 unspecified atom stereocenters. The van der Waals surface area contributed by atoms with Gasteiger partial charge in [-0.25, -0.2) is 9.59 Å². The van der Waals surface area contributed by atoms with Crippen molar-refractivity contribution in [3.05, 3.63) is 59.7 Å².